The number of ether oxygens (including phenoxy) is 4. The highest BCUT2D eigenvalue weighted by Gasteiger charge is 2.68. The summed E-state index contributed by atoms with van der Waals surface area (Å²) in [6, 6.07) is 9.62. The van der Waals surface area contributed by atoms with Crippen LogP contribution in [0.5, 0.6) is 0 Å². The standard InChI is InChI=1S/C16H17N3O5/c1-21-16-12-10(11(12)14(20)18-19-17)13-9(23-16)7-22-15(24-13)8-5-3-2-4-6-8/h2-6,9-13,15-16H,7H2,1H3. The minimum Gasteiger partial charge on any atom is -0.356 e. The Morgan fingerprint density at radius 1 is 1.29 bits per heavy atom. The van der Waals surface area contributed by atoms with Crippen molar-refractivity contribution in [1.29, 1.82) is 0 Å². The van der Waals surface area contributed by atoms with Gasteiger partial charge in [-0.1, -0.05) is 30.3 Å². The molecule has 0 aromatic heterocycles. The van der Waals surface area contributed by atoms with Crippen LogP contribution in [0.2, 0.25) is 0 Å². The van der Waals surface area contributed by atoms with Crippen LogP contribution in [0.4, 0.5) is 0 Å². The van der Waals surface area contributed by atoms with E-state index >= 15 is 0 Å². The predicted octanol–water partition coefficient (Wildman–Crippen LogP) is 2.17. The molecule has 4 rings (SSSR count). The predicted molar refractivity (Wildman–Crippen MR) is 80.3 cm³/mol. The first kappa shape index (κ1) is 15.6. The number of benzene rings is 1. The first-order chi connectivity index (χ1) is 11.7. The summed E-state index contributed by atoms with van der Waals surface area (Å²) in [5.74, 6) is -1.13. The van der Waals surface area contributed by atoms with Crippen molar-refractivity contribution in [3.63, 3.8) is 0 Å². The van der Waals surface area contributed by atoms with Crippen LogP contribution < -0.4 is 0 Å². The van der Waals surface area contributed by atoms with Crippen molar-refractivity contribution in [2.75, 3.05) is 13.7 Å². The van der Waals surface area contributed by atoms with Crippen molar-refractivity contribution < 1.29 is 23.7 Å². The van der Waals surface area contributed by atoms with Gasteiger partial charge in [-0.25, -0.2) is 0 Å². The number of azide groups is 1. The number of hydrogen-bond donors (Lipinski definition) is 0. The molecule has 0 N–H and O–H groups in total. The van der Waals surface area contributed by atoms with Gasteiger partial charge < -0.3 is 18.9 Å². The van der Waals surface area contributed by atoms with Crippen LogP contribution in [0.1, 0.15) is 11.9 Å². The maximum atomic E-state index is 12.0. The zero-order valence-electron chi connectivity index (χ0n) is 13.0. The van der Waals surface area contributed by atoms with E-state index in [1.165, 1.54) is 7.11 Å². The third-order valence-electron chi connectivity index (χ3n) is 4.93. The van der Waals surface area contributed by atoms with E-state index in [1.54, 1.807) is 0 Å². The van der Waals surface area contributed by atoms with Gasteiger partial charge in [-0.15, -0.1) is 0 Å². The molecule has 8 heteroatoms. The average molecular weight is 331 g/mol. The molecule has 0 bridgehead atoms. The molecule has 1 amide bonds. The van der Waals surface area contributed by atoms with Gasteiger partial charge in [-0.05, 0) is 10.6 Å². The van der Waals surface area contributed by atoms with Crippen LogP contribution in [0.3, 0.4) is 0 Å². The third kappa shape index (κ3) is 2.49. The Balaban J connectivity index is 1.56. The quantitative estimate of drug-likeness (QED) is 0.480. The minimum absolute atomic E-state index is 0.0817. The maximum absolute atomic E-state index is 12.0. The largest absolute Gasteiger partial charge is 0.356 e. The summed E-state index contributed by atoms with van der Waals surface area (Å²) in [6.45, 7) is 0.357. The van der Waals surface area contributed by atoms with E-state index in [0.29, 0.717) is 6.61 Å². The molecule has 3 fully saturated rings. The normalized spacial score (nSPS) is 40.0. The topological polar surface area (TPSA) is 103 Å². The van der Waals surface area contributed by atoms with Crippen molar-refractivity contribution in [3.05, 3.63) is 46.3 Å². The Hall–Kier alpha value is -1.96. The van der Waals surface area contributed by atoms with Crippen molar-refractivity contribution in [2.45, 2.75) is 24.8 Å². The zero-order chi connectivity index (χ0) is 16.7. The Morgan fingerprint density at radius 3 is 2.79 bits per heavy atom. The van der Waals surface area contributed by atoms with Gasteiger partial charge in [0.2, 0.25) is 5.91 Å². The minimum atomic E-state index is -0.514. The Morgan fingerprint density at radius 2 is 2.08 bits per heavy atom. The Kier molecular flexibility index (Phi) is 3.99. The average Bonchev–Trinajstić information content (AvgIpc) is 3.38. The van der Waals surface area contributed by atoms with Crippen molar-refractivity contribution in [1.82, 2.24) is 0 Å². The molecule has 1 saturated carbocycles. The van der Waals surface area contributed by atoms with Gasteiger partial charge in [0.15, 0.2) is 12.6 Å². The van der Waals surface area contributed by atoms with Gasteiger partial charge >= 0.3 is 0 Å². The van der Waals surface area contributed by atoms with E-state index in [4.69, 9.17) is 24.5 Å². The molecule has 1 aliphatic carbocycles. The molecule has 0 spiro atoms. The van der Waals surface area contributed by atoms with Crippen LogP contribution in [0.15, 0.2) is 35.4 Å². The number of carbonyl (C=O) groups is 1. The molecule has 3 aliphatic rings. The van der Waals surface area contributed by atoms with E-state index in [-0.39, 0.29) is 24.0 Å². The van der Waals surface area contributed by atoms with E-state index in [2.05, 4.69) is 10.0 Å². The first-order valence-corrected chi connectivity index (χ1v) is 7.84. The van der Waals surface area contributed by atoms with Gasteiger partial charge in [0.1, 0.15) is 6.10 Å². The second-order valence-corrected chi connectivity index (χ2v) is 6.16. The monoisotopic (exact) mass is 331 g/mol. The van der Waals surface area contributed by atoms with E-state index in [0.717, 1.165) is 5.56 Å². The van der Waals surface area contributed by atoms with Crippen LogP contribution in [-0.4, -0.2) is 38.1 Å². The molecule has 7 atom stereocenters. The van der Waals surface area contributed by atoms with E-state index in [9.17, 15) is 4.79 Å². The molecule has 2 aliphatic heterocycles. The Labute approximate surface area is 138 Å². The summed E-state index contributed by atoms with van der Waals surface area (Å²) in [6.07, 6.45) is -1.60. The lowest BCUT2D eigenvalue weighted by Crippen LogP contribution is -2.49. The second kappa shape index (κ2) is 6.16. The number of methoxy groups -OCH3 is 1. The number of carbonyl (C=O) groups excluding carboxylic acids is 1. The third-order valence-corrected chi connectivity index (χ3v) is 4.93. The lowest BCUT2D eigenvalue weighted by Gasteiger charge is -2.41. The van der Waals surface area contributed by atoms with Crippen molar-refractivity contribution in [2.24, 2.45) is 22.9 Å². The van der Waals surface area contributed by atoms with Gasteiger partial charge in [0.25, 0.3) is 0 Å². The van der Waals surface area contributed by atoms with E-state index < -0.39 is 24.4 Å². The Bertz CT molecular complexity index is 678. The van der Waals surface area contributed by atoms with Crippen LogP contribution in [0.25, 0.3) is 10.4 Å². The fraction of sp³-hybridized carbons (Fsp3) is 0.562. The van der Waals surface area contributed by atoms with Crippen LogP contribution in [-0.2, 0) is 23.7 Å². The molecule has 7 unspecified atom stereocenters. The van der Waals surface area contributed by atoms with Crippen LogP contribution >= 0.6 is 0 Å². The van der Waals surface area contributed by atoms with E-state index in [1.807, 2.05) is 30.3 Å². The maximum Gasteiger partial charge on any atom is 0.222 e. The zero-order valence-corrected chi connectivity index (χ0v) is 13.0. The highest BCUT2D eigenvalue weighted by Crippen LogP contribution is 2.58. The second-order valence-electron chi connectivity index (χ2n) is 6.16. The number of rotatable bonds is 3. The lowest BCUT2D eigenvalue weighted by molar-refractivity contribution is -0.316. The number of fused-ring (bicyclic) bond motifs is 3. The fourth-order valence-corrected chi connectivity index (χ4v) is 3.84. The molecular weight excluding hydrogens is 314 g/mol. The molecule has 8 nitrogen and oxygen atoms in total. The summed E-state index contributed by atoms with van der Waals surface area (Å²) in [7, 11) is 1.53. The lowest BCUT2D eigenvalue weighted by atomic mass is 10.0. The SMILES string of the molecule is COC1OC2COC(c3ccccc3)OC2C2C(C(=O)N=[N+]=[N-])C12. The molecule has 1 aromatic rings. The van der Waals surface area contributed by atoms with Crippen molar-refractivity contribution in [3.8, 4) is 0 Å². The number of amides is 1. The summed E-state index contributed by atoms with van der Waals surface area (Å²) >= 11 is 0. The molecule has 24 heavy (non-hydrogen) atoms. The molecular formula is C16H17N3O5. The summed E-state index contributed by atoms with van der Waals surface area (Å²) < 4.78 is 23.1. The highest BCUT2D eigenvalue weighted by molar-refractivity contribution is 5.83. The molecule has 0 radical (unpaired) electrons. The molecule has 126 valence electrons. The molecule has 2 heterocycles. The molecule has 1 aromatic carbocycles. The van der Waals surface area contributed by atoms with Gasteiger partial charge in [0.05, 0.1) is 12.7 Å². The summed E-state index contributed by atoms with van der Waals surface area (Å²) in [5, 5.41) is 3.24. The number of nitrogens with zero attached hydrogens (tertiary/aromatic N) is 3. The fourth-order valence-electron chi connectivity index (χ4n) is 3.84. The molecule has 2 saturated heterocycles. The summed E-state index contributed by atoms with van der Waals surface area (Å²) in [4.78, 5) is 14.6. The first-order valence-electron chi connectivity index (χ1n) is 7.84. The van der Waals surface area contributed by atoms with Crippen molar-refractivity contribution >= 4 is 5.91 Å². The van der Waals surface area contributed by atoms with Gasteiger partial charge in [-0.2, -0.15) is 0 Å². The van der Waals surface area contributed by atoms with Crippen LogP contribution in [0, 0.1) is 17.8 Å². The number of hydrogen-bond acceptors (Lipinski definition) is 5. The smallest absolute Gasteiger partial charge is 0.222 e. The highest BCUT2D eigenvalue weighted by atomic mass is 16.7. The van der Waals surface area contributed by atoms with Gasteiger partial charge in [0, 0.05) is 35.3 Å². The van der Waals surface area contributed by atoms with Gasteiger partial charge in [-0.3, -0.25) is 4.79 Å². The summed E-state index contributed by atoms with van der Waals surface area (Å²) in [5.41, 5.74) is 9.43.